The summed E-state index contributed by atoms with van der Waals surface area (Å²) >= 11 is 1.90. The number of benzene rings is 1. The van der Waals surface area contributed by atoms with Crippen LogP contribution >= 0.6 is 11.8 Å². The summed E-state index contributed by atoms with van der Waals surface area (Å²) in [7, 11) is 0. The molecule has 1 aromatic rings. The summed E-state index contributed by atoms with van der Waals surface area (Å²) in [6, 6.07) is 9.07. The van der Waals surface area contributed by atoms with Crippen LogP contribution < -0.4 is 5.32 Å². The van der Waals surface area contributed by atoms with E-state index >= 15 is 0 Å². The second-order valence-electron chi connectivity index (χ2n) is 3.50. The zero-order chi connectivity index (χ0) is 9.80. The molecule has 2 rings (SSSR count). The number of aliphatic hydroxyl groups excluding tert-OH is 1. The molecule has 0 aromatic heterocycles. The summed E-state index contributed by atoms with van der Waals surface area (Å²) < 4.78 is 0. The number of fused-ring (bicyclic) bond motifs is 1. The molecular formula is C11H15NOS. The van der Waals surface area contributed by atoms with E-state index in [4.69, 9.17) is 5.11 Å². The molecule has 1 atom stereocenters. The van der Waals surface area contributed by atoms with Crippen molar-refractivity contribution in [3.63, 3.8) is 0 Å². The fraction of sp³-hybridized carbons (Fsp3) is 0.455. The number of hydrogen-bond donors (Lipinski definition) is 2. The lowest BCUT2D eigenvalue weighted by Crippen LogP contribution is -2.37. The van der Waals surface area contributed by atoms with E-state index in [0.29, 0.717) is 12.6 Å². The number of thioether (sulfide) groups is 1. The summed E-state index contributed by atoms with van der Waals surface area (Å²) in [5, 5.41) is 12.1. The van der Waals surface area contributed by atoms with Crippen LogP contribution in [0.15, 0.2) is 29.2 Å². The molecule has 0 bridgehead atoms. The van der Waals surface area contributed by atoms with E-state index in [1.807, 2.05) is 11.8 Å². The van der Waals surface area contributed by atoms with Crippen LogP contribution in [0.1, 0.15) is 5.56 Å². The third kappa shape index (κ3) is 2.29. The molecule has 0 saturated carbocycles. The Morgan fingerprint density at radius 2 is 2.29 bits per heavy atom. The highest BCUT2D eigenvalue weighted by molar-refractivity contribution is 7.99. The topological polar surface area (TPSA) is 32.3 Å². The molecule has 0 amide bonds. The summed E-state index contributed by atoms with van der Waals surface area (Å²) in [6.45, 7) is 0.927. The first-order valence-corrected chi connectivity index (χ1v) is 5.93. The molecule has 2 N–H and O–H groups in total. The summed E-state index contributed by atoms with van der Waals surface area (Å²) in [6.07, 6.45) is 1.09. The predicted octanol–water partition coefficient (Wildman–Crippen LogP) is 1.29. The van der Waals surface area contributed by atoms with Crippen molar-refractivity contribution in [3.05, 3.63) is 29.8 Å². The number of nitrogens with one attached hydrogen (secondary N) is 1. The largest absolute Gasteiger partial charge is 0.395 e. The lowest BCUT2D eigenvalue weighted by Gasteiger charge is -2.24. The Morgan fingerprint density at radius 1 is 1.43 bits per heavy atom. The van der Waals surface area contributed by atoms with Gasteiger partial charge in [-0.2, -0.15) is 0 Å². The first-order valence-electron chi connectivity index (χ1n) is 4.95. The lowest BCUT2D eigenvalue weighted by atomic mass is 10.1. The molecule has 2 nitrogen and oxygen atoms in total. The second kappa shape index (κ2) is 4.82. The Balaban J connectivity index is 1.99. The van der Waals surface area contributed by atoms with Gasteiger partial charge in [0.1, 0.15) is 0 Å². The molecule has 0 radical (unpaired) electrons. The van der Waals surface area contributed by atoms with Crippen LogP contribution in [0.3, 0.4) is 0 Å². The maximum Gasteiger partial charge on any atom is 0.0556 e. The molecule has 0 aliphatic carbocycles. The van der Waals surface area contributed by atoms with Crippen molar-refractivity contribution >= 4 is 11.8 Å². The minimum atomic E-state index is 0.225. The zero-order valence-corrected chi connectivity index (χ0v) is 8.89. The van der Waals surface area contributed by atoms with Gasteiger partial charge in [-0.15, -0.1) is 11.8 Å². The molecule has 0 fully saturated rings. The number of hydrogen-bond acceptors (Lipinski definition) is 3. The van der Waals surface area contributed by atoms with Gasteiger partial charge in [0.15, 0.2) is 0 Å². The minimum Gasteiger partial charge on any atom is -0.395 e. The third-order valence-electron chi connectivity index (χ3n) is 2.42. The van der Waals surface area contributed by atoms with E-state index < -0.39 is 0 Å². The van der Waals surface area contributed by atoms with E-state index in [1.165, 1.54) is 10.5 Å². The Morgan fingerprint density at radius 3 is 3.14 bits per heavy atom. The maximum atomic E-state index is 8.72. The van der Waals surface area contributed by atoms with Crippen LogP contribution in [-0.2, 0) is 6.42 Å². The molecule has 76 valence electrons. The maximum absolute atomic E-state index is 8.72. The van der Waals surface area contributed by atoms with Crippen molar-refractivity contribution in [2.75, 3.05) is 18.9 Å². The first kappa shape index (κ1) is 10.0. The molecule has 1 heterocycles. The van der Waals surface area contributed by atoms with Gasteiger partial charge < -0.3 is 10.4 Å². The van der Waals surface area contributed by atoms with Gasteiger partial charge >= 0.3 is 0 Å². The number of rotatable bonds is 3. The predicted molar refractivity (Wildman–Crippen MR) is 59.7 cm³/mol. The molecule has 1 aliphatic heterocycles. The van der Waals surface area contributed by atoms with Crippen LogP contribution in [0.2, 0.25) is 0 Å². The minimum absolute atomic E-state index is 0.225. The van der Waals surface area contributed by atoms with Gasteiger partial charge in [0.25, 0.3) is 0 Å². The normalized spacial score (nSPS) is 20.5. The first-order chi connectivity index (χ1) is 6.90. The highest BCUT2D eigenvalue weighted by atomic mass is 32.2. The Bertz CT molecular complexity index is 303. The van der Waals surface area contributed by atoms with Gasteiger partial charge in [-0.25, -0.2) is 0 Å². The summed E-state index contributed by atoms with van der Waals surface area (Å²) in [4.78, 5) is 1.41. The van der Waals surface area contributed by atoms with Crippen molar-refractivity contribution in [1.82, 2.24) is 5.32 Å². The average Bonchev–Trinajstić information content (AvgIpc) is 2.26. The molecule has 3 heteroatoms. The summed E-state index contributed by atoms with van der Waals surface area (Å²) in [5.74, 6) is 1.11. The highest BCUT2D eigenvalue weighted by Gasteiger charge is 2.17. The van der Waals surface area contributed by atoms with Crippen molar-refractivity contribution in [3.8, 4) is 0 Å². The monoisotopic (exact) mass is 209 g/mol. The highest BCUT2D eigenvalue weighted by Crippen LogP contribution is 2.29. The van der Waals surface area contributed by atoms with Crippen LogP contribution in [0.25, 0.3) is 0 Å². The molecule has 14 heavy (non-hydrogen) atoms. The van der Waals surface area contributed by atoms with Crippen molar-refractivity contribution < 1.29 is 5.11 Å². The van der Waals surface area contributed by atoms with Gasteiger partial charge in [0.05, 0.1) is 6.61 Å². The smallest absolute Gasteiger partial charge is 0.0556 e. The van der Waals surface area contributed by atoms with Crippen LogP contribution in [-0.4, -0.2) is 30.1 Å². The zero-order valence-electron chi connectivity index (χ0n) is 8.07. The number of aliphatic hydroxyl groups is 1. The Hall–Kier alpha value is -0.510. The van der Waals surface area contributed by atoms with E-state index in [-0.39, 0.29) is 6.61 Å². The van der Waals surface area contributed by atoms with Gasteiger partial charge in [-0.3, -0.25) is 0 Å². The van der Waals surface area contributed by atoms with E-state index in [9.17, 15) is 0 Å². The molecule has 0 unspecified atom stereocenters. The van der Waals surface area contributed by atoms with Crippen LogP contribution in [0.5, 0.6) is 0 Å². The van der Waals surface area contributed by atoms with Crippen LogP contribution in [0, 0.1) is 0 Å². The lowest BCUT2D eigenvalue weighted by molar-refractivity contribution is 0.286. The fourth-order valence-electron chi connectivity index (χ4n) is 1.73. The SMILES string of the molecule is OCCN[C@@H]1CSc2ccccc2C1. The Labute approximate surface area is 88.7 Å². The summed E-state index contributed by atoms with van der Waals surface area (Å²) in [5.41, 5.74) is 1.43. The van der Waals surface area contributed by atoms with Gasteiger partial charge in [-0.05, 0) is 18.1 Å². The average molecular weight is 209 g/mol. The van der Waals surface area contributed by atoms with Gasteiger partial charge in [0, 0.05) is 23.2 Å². The van der Waals surface area contributed by atoms with Crippen molar-refractivity contribution in [2.24, 2.45) is 0 Å². The van der Waals surface area contributed by atoms with Gasteiger partial charge in [-0.1, -0.05) is 18.2 Å². The van der Waals surface area contributed by atoms with Crippen molar-refractivity contribution in [2.45, 2.75) is 17.4 Å². The van der Waals surface area contributed by atoms with Gasteiger partial charge in [0.2, 0.25) is 0 Å². The quantitative estimate of drug-likeness (QED) is 0.786. The Kier molecular flexibility index (Phi) is 3.45. The molecule has 0 spiro atoms. The fourth-order valence-corrected chi connectivity index (χ4v) is 2.86. The molecule has 1 aromatic carbocycles. The van der Waals surface area contributed by atoms with Crippen LogP contribution in [0.4, 0.5) is 0 Å². The standard InChI is InChI=1S/C11H15NOS/c13-6-5-12-10-7-9-3-1-2-4-11(9)14-8-10/h1-4,10,12-13H,5-8H2/t10-/m0/s1. The van der Waals surface area contributed by atoms with E-state index in [1.54, 1.807) is 0 Å². The van der Waals surface area contributed by atoms with E-state index in [2.05, 4.69) is 29.6 Å². The van der Waals surface area contributed by atoms with E-state index in [0.717, 1.165) is 12.2 Å². The third-order valence-corrected chi connectivity index (χ3v) is 3.70. The molecule has 0 saturated heterocycles. The molecular weight excluding hydrogens is 194 g/mol. The second-order valence-corrected chi connectivity index (χ2v) is 4.56. The molecule has 1 aliphatic rings. The van der Waals surface area contributed by atoms with Crippen molar-refractivity contribution in [1.29, 1.82) is 0 Å².